The summed E-state index contributed by atoms with van der Waals surface area (Å²) >= 11 is 0. The number of nitrogens with zero attached hydrogens (tertiary/aromatic N) is 2. The van der Waals surface area contributed by atoms with Crippen LogP contribution in [0.4, 0.5) is 5.82 Å². The van der Waals surface area contributed by atoms with Gasteiger partial charge < -0.3 is 5.32 Å². The summed E-state index contributed by atoms with van der Waals surface area (Å²) in [6, 6.07) is 16.3. The molecule has 3 aromatic rings. The number of aryl methyl sites for hydroxylation is 1. The number of hydrogen-bond donors (Lipinski definition) is 1. The maximum atomic E-state index is 4.61. The first kappa shape index (κ1) is 12.6. The summed E-state index contributed by atoms with van der Waals surface area (Å²) in [6.07, 6.45) is 2.83. The van der Waals surface area contributed by atoms with Crippen LogP contribution in [0.5, 0.6) is 0 Å². The summed E-state index contributed by atoms with van der Waals surface area (Å²) in [5.74, 6) is 0.886. The second-order valence-electron chi connectivity index (χ2n) is 4.71. The molecule has 0 spiro atoms. The summed E-state index contributed by atoms with van der Waals surface area (Å²) in [5.41, 5.74) is 3.37. The van der Waals surface area contributed by atoms with Crippen LogP contribution in [0, 0.1) is 0 Å². The number of para-hydroxylation sites is 1. The molecule has 0 aliphatic heterocycles. The predicted octanol–water partition coefficient (Wildman–Crippen LogP) is 3.80. The second kappa shape index (κ2) is 5.70. The molecule has 20 heavy (non-hydrogen) atoms. The van der Waals surface area contributed by atoms with Crippen LogP contribution in [0.2, 0.25) is 0 Å². The van der Waals surface area contributed by atoms with E-state index in [1.807, 2.05) is 36.5 Å². The number of aromatic nitrogens is 2. The van der Waals surface area contributed by atoms with Crippen molar-refractivity contribution in [3.05, 3.63) is 66.0 Å². The zero-order valence-corrected chi connectivity index (χ0v) is 11.5. The Balaban J connectivity index is 1.79. The van der Waals surface area contributed by atoms with E-state index in [0.717, 1.165) is 28.8 Å². The highest BCUT2D eigenvalue weighted by molar-refractivity contribution is 5.80. The van der Waals surface area contributed by atoms with Gasteiger partial charge in [-0.15, -0.1) is 0 Å². The Kier molecular flexibility index (Phi) is 3.59. The van der Waals surface area contributed by atoms with Crippen LogP contribution < -0.4 is 5.32 Å². The van der Waals surface area contributed by atoms with Crippen LogP contribution in [0.3, 0.4) is 0 Å². The lowest BCUT2D eigenvalue weighted by molar-refractivity contribution is 0.966. The first-order chi connectivity index (χ1) is 9.86. The van der Waals surface area contributed by atoms with E-state index in [1.165, 1.54) is 5.56 Å². The van der Waals surface area contributed by atoms with Gasteiger partial charge in [-0.25, -0.2) is 4.98 Å². The molecule has 0 saturated carbocycles. The van der Waals surface area contributed by atoms with E-state index in [9.17, 15) is 0 Å². The highest BCUT2D eigenvalue weighted by Crippen LogP contribution is 2.15. The minimum Gasteiger partial charge on any atom is -0.364 e. The number of anilines is 1. The zero-order chi connectivity index (χ0) is 13.8. The smallest absolute Gasteiger partial charge is 0.126 e. The molecule has 0 atom stereocenters. The van der Waals surface area contributed by atoms with Crippen LogP contribution in [0.25, 0.3) is 10.9 Å². The van der Waals surface area contributed by atoms with E-state index in [4.69, 9.17) is 0 Å². The van der Waals surface area contributed by atoms with Gasteiger partial charge in [-0.05, 0) is 36.2 Å². The fourth-order valence-corrected chi connectivity index (χ4v) is 2.29. The molecular formula is C17H17N3. The van der Waals surface area contributed by atoms with Crippen molar-refractivity contribution >= 4 is 16.7 Å². The SMILES string of the molecule is CCc1cccnc1CNc1ccc2ccccc2n1. The van der Waals surface area contributed by atoms with Gasteiger partial charge >= 0.3 is 0 Å². The third-order valence-electron chi connectivity index (χ3n) is 3.40. The quantitative estimate of drug-likeness (QED) is 0.778. The van der Waals surface area contributed by atoms with E-state index in [2.05, 4.69) is 40.4 Å². The van der Waals surface area contributed by atoms with Crippen molar-refractivity contribution in [1.82, 2.24) is 9.97 Å². The molecule has 1 N–H and O–H groups in total. The van der Waals surface area contributed by atoms with Crippen molar-refractivity contribution in [3.63, 3.8) is 0 Å². The first-order valence-electron chi connectivity index (χ1n) is 6.89. The minimum absolute atomic E-state index is 0.704. The molecule has 0 radical (unpaired) electrons. The molecule has 0 saturated heterocycles. The molecule has 0 aliphatic carbocycles. The van der Waals surface area contributed by atoms with Gasteiger partial charge in [0.1, 0.15) is 5.82 Å². The van der Waals surface area contributed by atoms with Gasteiger partial charge in [0.15, 0.2) is 0 Å². The second-order valence-corrected chi connectivity index (χ2v) is 4.71. The standard InChI is InChI=1S/C17H17N3/c1-2-13-7-5-11-18-16(13)12-19-17-10-9-14-6-3-4-8-15(14)20-17/h3-11H,2,12H2,1H3,(H,19,20). The zero-order valence-electron chi connectivity index (χ0n) is 11.5. The van der Waals surface area contributed by atoms with Crippen LogP contribution >= 0.6 is 0 Å². The summed E-state index contributed by atoms with van der Waals surface area (Å²) < 4.78 is 0. The van der Waals surface area contributed by atoms with Crippen LogP contribution in [-0.2, 0) is 13.0 Å². The maximum Gasteiger partial charge on any atom is 0.126 e. The normalized spacial score (nSPS) is 10.7. The van der Waals surface area contributed by atoms with Crippen LogP contribution in [-0.4, -0.2) is 9.97 Å². The molecule has 0 aliphatic rings. The third-order valence-corrected chi connectivity index (χ3v) is 3.40. The summed E-state index contributed by atoms with van der Waals surface area (Å²) in [6.45, 7) is 2.85. The number of hydrogen-bond acceptors (Lipinski definition) is 3. The molecule has 3 rings (SSSR count). The van der Waals surface area contributed by atoms with Crippen molar-refractivity contribution in [2.24, 2.45) is 0 Å². The van der Waals surface area contributed by atoms with Crippen molar-refractivity contribution in [3.8, 4) is 0 Å². The number of pyridine rings is 2. The predicted molar refractivity (Wildman–Crippen MR) is 82.7 cm³/mol. The van der Waals surface area contributed by atoms with Crippen LogP contribution in [0.15, 0.2) is 54.7 Å². The fourth-order valence-electron chi connectivity index (χ4n) is 2.29. The Morgan fingerprint density at radius 2 is 1.90 bits per heavy atom. The first-order valence-corrected chi connectivity index (χ1v) is 6.89. The summed E-state index contributed by atoms with van der Waals surface area (Å²) in [4.78, 5) is 9.04. The highest BCUT2D eigenvalue weighted by atomic mass is 15.0. The van der Waals surface area contributed by atoms with E-state index in [-0.39, 0.29) is 0 Å². The molecule has 3 nitrogen and oxygen atoms in total. The summed E-state index contributed by atoms with van der Waals surface area (Å²) in [5, 5.41) is 4.51. The van der Waals surface area contributed by atoms with Gasteiger partial charge in [-0.1, -0.05) is 31.2 Å². The average Bonchev–Trinajstić information content (AvgIpc) is 2.53. The lowest BCUT2D eigenvalue weighted by Crippen LogP contribution is -2.06. The Morgan fingerprint density at radius 1 is 1.00 bits per heavy atom. The minimum atomic E-state index is 0.704. The molecular weight excluding hydrogens is 246 g/mol. The highest BCUT2D eigenvalue weighted by Gasteiger charge is 2.02. The lowest BCUT2D eigenvalue weighted by atomic mass is 10.1. The monoisotopic (exact) mass is 263 g/mol. The average molecular weight is 263 g/mol. The fraction of sp³-hybridized carbons (Fsp3) is 0.176. The van der Waals surface area contributed by atoms with Gasteiger partial charge in [-0.3, -0.25) is 4.98 Å². The molecule has 2 aromatic heterocycles. The molecule has 2 heterocycles. The number of benzene rings is 1. The van der Waals surface area contributed by atoms with Crippen molar-refractivity contribution < 1.29 is 0 Å². The van der Waals surface area contributed by atoms with Gasteiger partial charge in [0.2, 0.25) is 0 Å². The van der Waals surface area contributed by atoms with E-state index in [0.29, 0.717) is 6.54 Å². The number of nitrogens with one attached hydrogen (secondary N) is 1. The van der Waals surface area contributed by atoms with Crippen molar-refractivity contribution in [1.29, 1.82) is 0 Å². The maximum absolute atomic E-state index is 4.61. The van der Waals surface area contributed by atoms with E-state index >= 15 is 0 Å². The lowest BCUT2D eigenvalue weighted by Gasteiger charge is -2.09. The topological polar surface area (TPSA) is 37.8 Å². The van der Waals surface area contributed by atoms with Crippen LogP contribution in [0.1, 0.15) is 18.2 Å². The third kappa shape index (κ3) is 2.62. The Bertz CT molecular complexity index is 722. The molecule has 0 fully saturated rings. The van der Waals surface area contributed by atoms with Gasteiger partial charge in [0.25, 0.3) is 0 Å². The Labute approximate surface area is 118 Å². The molecule has 1 aromatic carbocycles. The molecule has 0 bridgehead atoms. The Hall–Kier alpha value is -2.42. The number of rotatable bonds is 4. The Morgan fingerprint density at radius 3 is 2.80 bits per heavy atom. The molecule has 0 unspecified atom stereocenters. The van der Waals surface area contributed by atoms with Gasteiger partial charge in [0, 0.05) is 11.6 Å². The van der Waals surface area contributed by atoms with E-state index in [1.54, 1.807) is 0 Å². The number of fused-ring (bicyclic) bond motifs is 1. The molecule has 0 amide bonds. The van der Waals surface area contributed by atoms with Gasteiger partial charge in [0.05, 0.1) is 17.8 Å². The molecule has 100 valence electrons. The van der Waals surface area contributed by atoms with Gasteiger partial charge in [-0.2, -0.15) is 0 Å². The van der Waals surface area contributed by atoms with Crippen molar-refractivity contribution in [2.45, 2.75) is 19.9 Å². The largest absolute Gasteiger partial charge is 0.364 e. The summed E-state index contributed by atoms with van der Waals surface area (Å²) in [7, 11) is 0. The van der Waals surface area contributed by atoms with E-state index < -0.39 is 0 Å². The molecule has 3 heteroatoms. The van der Waals surface area contributed by atoms with Crippen molar-refractivity contribution in [2.75, 3.05) is 5.32 Å².